The number of hydrogen-bond acceptors (Lipinski definition) is 2. The summed E-state index contributed by atoms with van der Waals surface area (Å²) in [6.45, 7) is 3.58. The standard InChI is InChI=1S/C16H20N2O2/c1-9-14(17-10(2)19)7-5-12-13-8-11(20-3)4-6-15(13)18-16(9)12/h5,7,11,18H,4,6,8H2,1-3H3,(H,17,19). The maximum atomic E-state index is 11.2. The minimum atomic E-state index is -0.0387. The monoisotopic (exact) mass is 272 g/mol. The van der Waals surface area contributed by atoms with Crippen LogP contribution in [0, 0.1) is 6.92 Å². The molecule has 1 heterocycles. The molecule has 1 aliphatic rings. The Labute approximate surface area is 118 Å². The van der Waals surface area contributed by atoms with Gasteiger partial charge in [0, 0.05) is 37.2 Å². The van der Waals surface area contributed by atoms with Crippen molar-refractivity contribution in [2.45, 2.75) is 39.2 Å². The number of rotatable bonds is 2. The largest absolute Gasteiger partial charge is 0.381 e. The van der Waals surface area contributed by atoms with E-state index < -0.39 is 0 Å². The molecule has 1 aromatic carbocycles. The Morgan fingerprint density at radius 3 is 2.95 bits per heavy atom. The van der Waals surface area contributed by atoms with Crippen LogP contribution in [0.2, 0.25) is 0 Å². The summed E-state index contributed by atoms with van der Waals surface area (Å²) >= 11 is 0. The van der Waals surface area contributed by atoms with Gasteiger partial charge in [-0.1, -0.05) is 6.07 Å². The van der Waals surface area contributed by atoms with E-state index in [9.17, 15) is 4.79 Å². The molecule has 4 heteroatoms. The minimum absolute atomic E-state index is 0.0387. The third-order valence-electron chi connectivity index (χ3n) is 4.22. The van der Waals surface area contributed by atoms with Crippen molar-refractivity contribution in [3.63, 3.8) is 0 Å². The number of aromatic amines is 1. The molecule has 1 aromatic heterocycles. The second-order valence-electron chi connectivity index (χ2n) is 5.52. The number of hydrogen-bond donors (Lipinski definition) is 2. The maximum Gasteiger partial charge on any atom is 0.221 e. The number of benzene rings is 1. The van der Waals surface area contributed by atoms with E-state index in [4.69, 9.17) is 4.74 Å². The molecule has 1 atom stereocenters. The number of anilines is 1. The summed E-state index contributed by atoms with van der Waals surface area (Å²) in [6, 6.07) is 4.09. The lowest BCUT2D eigenvalue weighted by molar-refractivity contribution is -0.114. The van der Waals surface area contributed by atoms with Crippen LogP contribution in [0.3, 0.4) is 0 Å². The maximum absolute atomic E-state index is 11.2. The van der Waals surface area contributed by atoms with E-state index >= 15 is 0 Å². The lowest BCUT2D eigenvalue weighted by Crippen LogP contribution is -2.20. The van der Waals surface area contributed by atoms with E-state index in [0.29, 0.717) is 6.10 Å². The zero-order valence-corrected chi connectivity index (χ0v) is 12.2. The van der Waals surface area contributed by atoms with Gasteiger partial charge in [0.25, 0.3) is 0 Å². The van der Waals surface area contributed by atoms with Gasteiger partial charge in [0.15, 0.2) is 0 Å². The molecule has 1 unspecified atom stereocenters. The Bertz CT molecular complexity index is 673. The molecule has 0 aliphatic heterocycles. The van der Waals surface area contributed by atoms with Gasteiger partial charge in [-0.25, -0.2) is 0 Å². The van der Waals surface area contributed by atoms with Crippen LogP contribution in [-0.2, 0) is 22.4 Å². The normalized spacial score (nSPS) is 18.1. The first-order valence-corrected chi connectivity index (χ1v) is 7.03. The molecule has 0 radical (unpaired) electrons. The van der Waals surface area contributed by atoms with Gasteiger partial charge in [-0.2, -0.15) is 0 Å². The fourth-order valence-electron chi connectivity index (χ4n) is 3.12. The molecule has 0 saturated heterocycles. The van der Waals surface area contributed by atoms with E-state index in [1.54, 1.807) is 7.11 Å². The number of aryl methyl sites for hydroxylation is 2. The second-order valence-corrected chi connectivity index (χ2v) is 5.52. The molecule has 0 spiro atoms. The van der Waals surface area contributed by atoms with Gasteiger partial charge < -0.3 is 15.0 Å². The number of methoxy groups -OCH3 is 1. The third-order valence-corrected chi connectivity index (χ3v) is 4.22. The van der Waals surface area contributed by atoms with E-state index in [0.717, 1.165) is 36.0 Å². The fourth-order valence-corrected chi connectivity index (χ4v) is 3.12. The van der Waals surface area contributed by atoms with Crippen LogP contribution in [0.1, 0.15) is 30.2 Å². The van der Waals surface area contributed by atoms with Crippen molar-refractivity contribution in [3.8, 4) is 0 Å². The highest BCUT2D eigenvalue weighted by molar-refractivity contribution is 5.96. The van der Waals surface area contributed by atoms with E-state index in [-0.39, 0.29) is 5.91 Å². The van der Waals surface area contributed by atoms with Crippen LogP contribution < -0.4 is 5.32 Å². The number of carbonyl (C=O) groups excluding carboxylic acids is 1. The van der Waals surface area contributed by atoms with Gasteiger partial charge in [-0.15, -0.1) is 0 Å². The molecule has 3 rings (SSSR count). The van der Waals surface area contributed by atoms with Crippen LogP contribution >= 0.6 is 0 Å². The molecule has 4 nitrogen and oxygen atoms in total. The van der Waals surface area contributed by atoms with Crippen LogP contribution in [0.4, 0.5) is 5.69 Å². The number of amides is 1. The van der Waals surface area contributed by atoms with Gasteiger partial charge in [-0.05, 0) is 37.0 Å². The van der Waals surface area contributed by atoms with Gasteiger partial charge in [0.2, 0.25) is 5.91 Å². The molecule has 1 aliphatic carbocycles. The van der Waals surface area contributed by atoms with Crippen LogP contribution in [-0.4, -0.2) is 24.1 Å². The number of carbonyl (C=O) groups is 1. The lowest BCUT2D eigenvalue weighted by Gasteiger charge is -2.20. The fraction of sp³-hybridized carbons (Fsp3) is 0.438. The first kappa shape index (κ1) is 13.2. The Morgan fingerprint density at radius 2 is 2.25 bits per heavy atom. The first-order chi connectivity index (χ1) is 9.60. The Kier molecular flexibility index (Phi) is 3.26. The van der Waals surface area contributed by atoms with Crippen molar-refractivity contribution < 1.29 is 9.53 Å². The topological polar surface area (TPSA) is 54.1 Å². The molecule has 106 valence electrons. The summed E-state index contributed by atoms with van der Waals surface area (Å²) in [7, 11) is 1.78. The Balaban J connectivity index is 2.09. The van der Waals surface area contributed by atoms with Gasteiger partial charge in [-0.3, -0.25) is 4.79 Å². The molecular formula is C16H20N2O2. The SMILES string of the molecule is COC1CCc2[nH]c3c(C)c(NC(C)=O)ccc3c2C1. The average molecular weight is 272 g/mol. The Morgan fingerprint density at radius 1 is 1.45 bits per heavy atom. The van der Waals surface area contributed by atoms with Crippen molar-refractivity contribution in [3.05, 3.63) is 29.0 Å². The summed E-state index contributed by atoms with van der Waals surface area (Å²) < 4.78 is 5.50. The summed E-state index contributed by atoms with van der Waals surface area (Å²) in [5, 5.41) is 4.14. The summed E-state index contributed by atoms with van der Waals surface area (Å²) in [5.74, 6) is -0.0387. The van der Waals surface area contributed by atoms with Gasteiger partial charge >= 0.3 is 0 Å². The van der Waals surface area contributed by atoms with Gasteiger partial charge in [0.05, 0.1) is 11.6 Å². The summed E-state index contributed by atoms with van der Waals surface area (Å²) in [5.41, 5.74) is 5.80. The minimum Gasteiger partial charge on any atom is -0.381 e. The molecule has 0 fully saturated rings. The predicted octanol–water partition coefficient (Wildman–Crippen LogP) is 2.94. The highest BCUT2D eigenvalue weighted by atomic mass is 16.5. The molecule has 2 N–H and O–H groups in total. The highest BCUT2D eigenvalue weighted by Crippen LogP contribution is 2.34. The first-order valence-electron chi connectivity index (χ1n) is 7.03. The molecule has 2 aromatic rings. The quantitative estimate of drug-likeness (QED) is 0.883. The van der Waals surface area contributed by atoms with Crippen molar-refractivity contribution in [2.75, 3.05) is 12.4 Å². The molecule has 0 saturated carbocycles. The molecule has 20 heavy (non-hydrogen) atoms. The third kappa shape index (κ3) is 2.10. The van der Waals surface area contributed by atoms with Crippen molar-refractivity contribution in [1.82, 2.24) is 4.98 Å². The van der Waals surface area contributed by atoms with Crippen LogP contribution in [0.15, 0.2) is 12.1 Å². The highest BCUT2D eigenvalue weighted by Gasteiger charge is 2.23. The number of nitrogens with one attached hydrogen (secondary N) is 2. The smallest absolute Gasteiger partial charge is 0.221 e. The summed E-state index contributed by atoms with van der Waals surface area (Å²) in [6.07, 6.45) is 3.37. The zero-order chi connectivity index (χ0) is 14.3. The summed E-state index contributed by atoms with van der Waals surface area (Å²) in [4.78, 5) is 14.8. The number of ether oxygens (including phenoxy) is 1. The van der Waals surface area contributed by atoms with Crippen LogP contribution in [0.25, 0.3) is 10.9 Å². The lowest BCUT2D eigenvalue weighted by atomic mass is 9.93. The Hall–Kier alpha value is -1.81. The van der Waals surface area contributed by atoms with Gasteiger partial charge in [0.1, 0.15) is 0 Å². The van der Waals surface area contributed by atoms with Crippen molar-refractivity contribution in [2.24, 2.45) is 0 Å². The molecule has 1 amide bonds. The number of H-pyrrole nitrogens is 1. The molecule has 0 bridgehead atoms. The second kappa shape index (κ2) is 4.94. The number of fused-ring (bicyclic) bond motifs is 3. The average Bonchev–Trinajstić information content (AvgIpc) is 2.80. The van der Waals surface area contributed by atoms with Crippen LogP contribution in [0.5, 0.6) is 0 Å². The van der Waals surface area contributed by atoms with Crippen molar-refractivity contribution in [1.29, 1.82) is 0 Å². The van der Waals surface area contributed by atoms with E-state index in [1.807, 2.05) is 13.0 Å². The zero-order valence-electron chi connectivity index (χ0n) is 12.2. The number of aromatic nitrogens is 1. The predicted molar refractivity (Wildman–Crippen MR) is 80.2 cm³/mol. The molecular weight excluding hydrogens is 252 g/mol. The van der Waals surface area contributed by atoms with Crippen molar-refractivity contribution >= 4 is 22.5 Å². The van der Waals surface area contributed by atoms with E-state index in [1.165, 1.54) is 23.6 Å². The van der Waals surface area contributed by atoms with E-state index in [2.05, 4.69) is 16.4 Å².